The highest BCUT2D eigenvalue weighted by Gasteiger charge is 2.30. The lowest BCUT2D eigenvalue weighted by Crippen LogP contribution is -2.56. The molecule has 1 aliphatic carbocycles. The van der Waals surface area contributed by atoms with Crippen molar-refractivity contribution < 1.29 is 9.59 Å². The number of hydrogen-bond acceptors (Lipinski definition) is 3. The second-order valence-corrected chi connectivity index (χ2v) is 7.35. The summed E-state index contributed by atoms with van der Waals surface area (Å²) >= 11 is 0. The van der Waals surface area contributed by atoms with Crippen molar-refractivity contribution in [2.24, 2.45) is 13.0 Å². The van der Waals surface area contributed by atoms with E-state index in [0.29, 0.717) is 18.0 Å². The highest BCUT2D eigenvalue weighted by Crippen LogP contribution is 2.23. The maximum absolute atomic E-state index is 12.4. The number of nitrogens with zero attached hydrogens (tertiary/aromatic N) is 1. The molecule has 1 fully saturated rings. The van der Waals surface area contributed by atoms with Crippen LogP contribution in [0.4, 0.5) is 10.5 Å². The average molecular weight is 348 g/mol. The smallest absolute Gasteiger partial charge is 0.320 e. The van der Waals surface area contributed by atoms with Gasteiger partial charge in [-0.15, -0.1) is 0 Å². The summed E-state index contributed by atoms with van der Waals surface area (Å²) in [6.45, 7) is 5.68. The molecule has 2 rings (SSSR count). The summed E-state index contributed by atoms with van der Waals surface area (Å²) in [4.78, 5) is 36.8. The van der Waals surface area contributed by atoms with Crippen LogP contribution in [0.5, 0.6) is 0 Å². The Morgan fingerprint density at radius 1 is 1.28 bits per heavy atom. The number of hydrogen-bond donors (Lipinski definition) is 3. The number of nitrogens with one attached hydrogen (secondary N) is 3. The molecule has 25 heavy (non-hydrogen) atoms. The van der Waals surface area contributed by atoms with E-state index < -0.39 is 11.6 Å². The van der Waals surface area contributed by atoms with E-state index in [0.717, 1.165) is 12.8 Å². The lowest BCUT2D eigenvalue weighted by Gasteiger charge is -2.26. The molecule has 7 heteroatoms. The number of urea groups is 1. The number of amides is 3. The molecule has 1 heterocycles. The lowest BCUT2D eigenvalue weighted by molar-refractivity contribution is -0.126. The van der Waals surface area contributed by atoms with Gasteiger partial charge in [0, 0.05) is 19.8 Å². The second kappa shape index (κ2) is 7.72. The molecule has 138 valence electrons. The Kier molecular flexibility index (Phi) is 5.87. The van der Waals surface area contributed by atoms with E-state index in [2.05, 4.69) is 16.0 Å². The van der Waals surface area contributed by atoms with Gasteiger partial charge in [-0.05, 0) is 51.2 Å². The average Bonchev–Trinajstić information content (AvgIpc) is 3.06. The predicted molar refractivity (Wildman–Crippen MR) is 97.6 cm³/mol. The summed E-state index contributed by atoms with van der Waals surface area (Å²) in [5, 5.41) is 8.13. The number of carbonyl (C=O) groups excluding carboxylic acids is 2. The molecule has 0 radical (unpaired) electrons. The molecule has 0 aliphatic heterocycles. The van der Waals surface area contributed by atoms with Crippen LogP contribution < -0.4 is 21.5 Å². The third-order valence-electron chi connectivity index (χ3n) is 4.73. The Balaban J connectivity index is 1.95. The zero-order valence-corrected chi connectivity index (χ0v) is 15.4. The first-order valence-electron chi connectivity index (χ1n) is 8.74. The SMILES string of the molecule is Cc1ccn(C)c(=O)c1NC(=O)NC(C)(C)C(=O)NCC1CCCC1. The summed E-state index contributed by atoms with van der Waals surface area (Å²) < 4.78 is 1.39. The van der Waals surface area contributed by atoms with Gasteiger partial charge in [-0.1, -0.05) is 12.8 Å². The van der Waals surface area contributed by atoms with Crippen LogP contribution in [0.3, 0.4) is 0 Å². The Morgan fingerprint density at radius 2 is 1.92 bits per heavy atom. The molecule has 1 saturated carbocycles. The highest BCUT2D eigenvalue weighted by atomic mass is 16.2. The zero-order chi connectivity index (χ0) is 18.6. The maximum atomic E-state index is 12.4. The number of anilines is 1. The van der Waals surface area contributed by atoms with Crippen molar-refractivity contribution in [3.8, 4) is 0 Å². The van der Waals surface area contributed by atoms with Crippen molar-refractivity contribution in [3.63, 3.8) is 0 Å². The second-order valence-electron chi connectivity index (χ2n) is 7.35. The van der Waals surface area contributed by atoms with Gasteiger partial charge in [-0.2, -0.15) is 0 Å². The van der Waals surface area contributed by atoms with Gasteiger partial charge in [0.1, 0.15) is 11.2 Å². The highest BCUT2D eigenvalue weighted by molar-refractivity contribution is 5.95. The van der Waals surface area contributed by atoms with Crippen LogP contribution in [0.2, 0.25) is 0 Å². The molecule has 0 saturated heterocycles. The topological polar surface area (TPSA) is 92.2 Å². The Hall–Kier alpha value is -2.31. The van der Waals surface area contributed by atoms with E-state index in [9.17, 15) is 14.4 Å². The third kappa shape index (κ3) is 4.84. The summed E-state index contributed by atoms with van der Waals surface area (Å²) in [7, 11) is 1.62. The van der Waals surface area contributed by atoms with Gasteiger partial charge >= 0.3 is 6.03 Å². The van der Waals surface area contributed by atoms with Crippen LogP contribution in [-0.4, -0.2) is 28.6 Å². The summed E-state index contributed by atoms with van der Waals surface area (Å²) in [6, 6.07) is 1.17. The largest absolute Gasteiger partial charge is 0.354 e. The first-order chi connectivity index (χ1) is 11.7. The van der Waals surface area contributed by atoms with Crippen molar-refractivity contribution >= 4 is 17.6 Å². The van der Waals surface area contributed by atoms with Crippen LogP contribution in [-0.2, 0) is 11.8 Å². The Morgan fingerprint density at radius 3 is 2.56 bits per heavy atom. The quantitative estimate of drug-likeness (QED) is 0.759. The van der Waals surface area contributed by atoms with Crippen LogP contribution in [0, 0.1) is 12.8 Å². The number of carbonyl (C=O) groups is 2. The summed E-state index contributed by atoms with van der Waals surface area (Å²) in [6.07, 6.45) is 6.36. The molecule has 1 aromatic heterocycles. The van der Waals surface area contributed by atoms with Crippen molar-refractivity contribution in [3.05, 3.63) is 28.2 Å². The molecule has 0 atom stereocenters. The minimum absolute atomic E-state index is 0.213. The van der Waals surface area contributed by atoms with E-state index >= 15 is 0 Å². The lowest BCUT2D eigenvalue weighted by atomic mass is 10.0. The number of aromatic nitrogens is 1. The van der Waals surface area contributed by atoms with E-state index in [1.165, 1.54) is 17.4 Å². The molecule has 7 nitrogen and oxygen atoms in total. The van der Waals surface area contributed by atoms with Gasteiger partial charge in [0.25, 0.3) is 5.56 Å². The standard InChI is InChI=1S/C18H28N4O3/c1-12-9-10-22(4)15(23)14(12)20-17(25)21-18(2,3)16(24)19-11-13-7-5-6-8-13/h9-10,13H,5-8,11H2,1-4H3,(H,19,24)(H2,20,21,25). The molecule has 0 unspecified atom stereocenters. The summed E-state index contributed by atoms with van der Waals surface area (Å²) in [5.74, 6) is 0.302. The Bertz CT molecular complexity index is 703. The van der Waals surface area contributed by atoms with E-state index in [4.69, 9.17) is 0 Å². The predicted octanol–water partition coefficient (Wildman–Crippen LogP) is 1.90. The van der Waals surface area contributed by atoms with Crippen LogP contribution >= 0.6 is 0 Å². The van der Waals surface area contributed by atoms with E-state index in [1.807, 2.05) is 0 Å². The minimum Gasteiger partial charge on any atom is -0.354 e. The molecule has 3 N–H and O–H groups in total. The van der Waals surface area contributed by atoms with Crippen molar-refractivity contribution in [1.82, 2.24) is 15.2 Å². The van der Waals surface area contributed by atoms with Gasteiger partial charge in [0.05, 0.1) is 0 Å². The zero-order valence-electron chi connectivity index (χ0n) is 15.4. The normalized spacial score (nSPS) is 15.0. The van der Waals surface area contributed by atoms with Crippen LogP contribution in [0.25, 0.3) is 0 Å². The molecular formula is C18H28N4O3. The minimum atomic E-state index is -1.07. The van der Waals surface area contributed by atoms with E-state index in [1.54, 1.807) is 40.1 Å². The van der Waals surface area contributed by atoms with E-state index in [-0.39, 0.29) is 17.2 Å². The fraction of sp³-hybridized carbons (Fsp3) is 0.611. The monoisotopic (exact) mass is 348 g/mol. The third-order valence-corrected chi connectivity index (χ3v) is 4.73. The fourth-order valence-electron chi connectivity index (χ4n) is 3.03. The molecular weight excluding hydrogens is 320 g/mol. The maximum Gasteiger partial charge on any atom is 0.320 e. The molecule has 0 spiro atoms. The first-order valence-corrected chi connectivity index (χ1v) is 8.74. The number of pyridine rings is 1. The summed E-state index contributed by atoms with van der Waals surface area (Å²) in [5.41, 5.74) is -0.485. The fourth-order valence-corrected chi connectivity index (χ4v) is 3.03. The van der Waals surface area contributed by atoms with Gasteiger partial charge in [-0.3, -0.25) is 9.59 Å². The van der Waals surface area contributed by atoms with Gasteiger partial charge in [-0.25, -0.2) is 4.79 Å². The molecule has 0 bridgehead atoms. The van der Waals surface area contributed by atoms with Gasteiger partial charge in [0.15, 0.2) is 0 Å². The molecule has 3 amide bonds. The number of rotatable bonds is 5. The molecule has 1 aromatic rings. The van der Waals surface area contributed by atoms with Crippen molar-refractivity contribution in [2.45, 2.75) is 52.0 Å². The van der Waals surface area contributed by atoms with Crippen molar-refractivity contribution in [2.75, 3.05) is 11.9 Å². The number of aryl methyl sites for hydroxylation is 2. The van der Waals surface area contributed by atoms with Gasteiger partial charge in [0.2, 0.25) is 5.91 Å². The van der Waals surface area contributed by atoms with Gasteiger partial charge < -0.3 is 20.5 Å². The Labute approximate surface area is 148 Å². The molecule has 0 aromatic carbocycles. The molecule has 1 aliphatic rings. The van der Waals surface area contributed by atoms with Crippen molar-refractivity contribution in [1.29, 1.82) is 0 Å². The van der Waals surface area contributed by atoms with Crippen LogP contribution in [0.15, 0.2) is 17.1 Å². The van der Waals surface area contributed by atoms with Crippen LogP contribution in [0.1, 0.15) is 45.1 Å². The first kappa shape index (κ1) is 19.0.